The highest BCUT2D eigenvalue weighted by atomic mass is 16.5. The molecular formula is C18H29NO2. The standard InChI is InChI=1S/C18H29NO2/c1-6-19-16-12-18(4,10-9-13(2)3)21-17-8-7-14(20-5)11-15(16)17/h7-8,11,13,16,19H,6,9-10,12H2,1-5H3. The molecule has 0 bridgehead atoms. The lowest BCUT2D eigenvalue weighted by atomic mass is 9.84. The number of ether oxygens (including phenoxy) is 2. The average molecular weight is 291 g/mol. The average Bonchev–Trinajstić information content (AvgIpc) is 2.45. The minimum absolute atomic E-state index is 0.0846. The molecule has 0 aromatic heterocycles. The van der Waals surface area contributed by atoms with Crippen molar-refractivity contribution in [1.29, 1.82) is 0 Å². The molecule has 0 aliphatic carbocycles. The predicted octanol–water partition coefficient (Wildman–Crippen LogP) is 4.32. The Kier molecular flexibility index (Phi) is 5.15. The van der Waals surface area contributed by atoms with E-state index in [1.165, 1.54) is 12.0 Å². The van der Waals surface area contributed by atoms with E-state index in [2.05, 4.69) is 39.1 Å². The Morgan fingerprint density at radius 2 is 2.19 bits per heavy atom. The van der Waals surface area contributed by atoms with Crippen LogP contribution in [0.3, 0.4) is 0 Å². The van der Waals surface area contributed by atoms with Crippen molar-refractivity contribution >= 4 is 0 Å². The van der Waals surface area contributed by atoms with E-state index in [1.54, 1.807) is 7.11 Å². The fraction of sp³-hybridized carbons (Fsp3) is 0.667. The first-order valence-corrected chi connectivity index (χ1v) is 8.07. The molecular weight excluding hydrogens is 262 g/mol. The van der Waals surface area contributed by atoms with E-state index in [9.17, 15) is 0 Å². The Balaban J connectivity index is 2.25. The quantitative estimate of drug-likeness (QED) is 0.846. The summed E-state index contributed by atoms with van der Waals surface area (Å²) >= 11 is 0. The highest BCUT2D eigenvalue weighted by molar-refractivity contribution is 5.44. The third-order valence-electron chi connectivity index (χ3n) is 4.29. The van der Waals surface area contributed by atoms with E-state index < -0.39 is 0 Å². The smallest absolute Gasteiger partial charge is 0.125 e. The molecule has 3 nitrogen and oxygen atoms in total. The summed E-state index contributed by atoms with van der Waals surface area (Å²) in [6.07, 6.45) is 3.30. The van der Waals surface area contributed by atoms with Crippen molar-refractivity contribution in [2.75, 3.05) is 13.7 Å². The second kappa shape index (κ2) is 6.69. The van der Waals surface area contributed by atoms with Crippen molar-refractivity contribution in [3.8, 4) is 11.5 Å². The van der Waals surface area contributed by atoms with E-state index >= 15 is 0 Å². The van der Waals surface area contributed by atoms with Crippen molar-refractivity contribution < 1.29 is 9.47 Å². The minimum atomic E-state index is -0.0846. The molecule has 0 amide bonds. The van der Waals surface area contributed by atoms with Gasteiger partial charge in [-0.25, -0.2) is 0 Å². The molecule has 0 spiro atoms. The van der Waals surface area contributed by atoms with Crippen LogP contribution >= 0.6 is 0 Å². The van der Waals surface area contributed by atoms with Crippen molar-refractivity contribution in [3.63, 3.8) is 0 Å². The highest BCUT2D eigenvalue weighted by Crippen LogP contribution is 2.43. The number of hydrogen-bond donors (Lipinski definition) is 1. The zero-order valence-electron chi connectivity index (χ0n) is 14.0. The van der Waals surface area contributed by atoms with Crippen LogP contribution in [-0.2, 0) is 0 Å². The summed E-state index contributed by atoms with van der Waals surface area (Å²) < 4.78 is 11.7. The second-order valence-electron chi connectivity index (χ2n) is 6.70. The summed E-state index contributed by atoms with van der Waals surface area (Å²) in [7, 11) is 1.71. The van der Waals surface area contributed by atoms with Crippen LogP contribution in [0.2, 0.25) is 0 Å². The van der Waals surface area contributed by atoms with Crippen LogP contribution in [0, 0.1) is 5.92 Å². The van der Waals surface area contributed by atoms with Crippen LogP contribution in [0.5, 0.6) is 11.5 Å². The summed E-state index contributed by atoms with van der Waals surface area (Å²) in [6, 6.07) is 6.47. The van der Waals surface area contributed by atoms with Gasteiger partial charge < -0.3 is 14.8 Å². The first-order chi connectivity index (χ1) is 9.97. The van der Waals surface area contributed by atoms with Crippen LogP contribution in [0.25, 0.3) is 0 Å². The Morgan fingerprint density at radius 3 is 2.81 bits per heavy atom. The first-order valence-electron chi connectivity index (χ1n) is 8.07. The number of benzene rings is 1. The SMILES string of the molecule is CCNC1CC(C)(CCC(C)C)Oc2ccc(OC)cc21. The molecule has 1 heterocycles. The van der Waals surface area contributed by atoms with Gasteiger partial charge in [0, 0.05) is 18.0 Å². The minimum Gasteiger partial charge on any atom is -0.497 e. The predicted molar refractivity (Wildman–Crippen MR) is 87.1 cm³/mol. The molecule has 0 saturated carbocycles. The lowest BCUT2D eigenvalue weighted by Crippen LogP contribution is -2.42. The van der Waals surface area contributed by atoms with E-state index in [0.29, 0.717) is 12.0 Å². The maximum absolute atomic E-state index is 6.35. The van der Waals surface area contributed by atoms with Gasteiger partial charge in [0.15, 0.2) is 0 Å². The van der Waals surface area contributed by atoms with Gasteiger partial charge in [0.2, 0.25) is 0 Å². The molecule has 0 saturated heterocycles. The normalized spacial score (nSPS) is 24.6. The highest BCUT2D eigenvalue weighted by Gasteiger charge is 2.37. The number of hydrogen-bond acceptors (Lipinski definition) is 3. The van der Waals surface area contributed by atoms with E-state index in [1.807, 2.05) is 12.1 Å². The van der Waals surface area contributed by atoms with Gasteiger partial charge in [-0.3, -0.25) is 0 Å². The Morgan fingerprint density at radius 1 is 1.43 bits per heavy atom. The first kappa shape index (κ1) is 16.2. The van der Waals surface area contributed by atoms with Crippen LogP contribution in [0.15, 0.2) is 18.2 Å². The van der Waals surface area contributed by atoms with Crippen molar-refractivity contribution in [2.24, 2.45) is 5.92 Å². The van der Waals surface area contributed by atoms with Gasteiger partial charge in [-0.05, 0) is 50.4 Å². The summed E-state index contributed by atoms with van der Waals surface area (Å²) in [5.74, 6) is 2.60. The van der Waals surface area contributed by atoms with Gasteiger partial charge >= 0.3 is 0 Å². The molecule has 21 heavy (non-hydrogen) atoms. The third-order valence-corrected chi connectivity index (χ3v) is 4.29. The second-order valence-corrected chi connectivity index (χ2v) is 6.70. The van der Waals surface area contributed by atoms with Gasteiger partial charge in [0.25, 0.3) is 0 Å². The van der Waals surface area contributed by atoms with Crippen LogP contribution < -0.4 is 14.8 Å². The van der Waals surface area contributed by atoms with Gasteiger partial charge in [-0.15, -0.1) is 0 Å². The molecule has 1 N–H and O–H groups in total. The fourth-order valence-electron chi connectivity index (χ4n) is 3.04. The van der Waals surface area contributed by atoms with Crippen molar-refractivity contribution in [3.05, 3.63) is 23.8 Å². The molecule has 3 heteroatoms. The Hall–Kier alpha value is -1.22. The Bertz CT molecular complexity index is 472. The van der Waals surface area contributed by atoms with E-state index in [4.69, 9.17) is 9.47 Å². The summed E-state index contributed by atoms with van der Waals surface area (Å²) in [5, 5.41) is 3.60. The van der Waals surface area contributed by atoms with E-state index in [0.717, 1.165) is 30.9 Å². The van der Waals surface area contributed by atoms with Crippen LogP contribution in [0.4, 0.5) is 0 Å². The van der Waals surface area contributed by atoms with Gasteiger partial charge in [0.05, 0.1) is 7.11 Å². The molecule has 1 aromatic rings. The molecule has 0 radical (unpaired) electrons. The topological polar surface area (TPSA) is 30.5 Å². The number of rotatable bonds is 6. The van der Waals surface area contributed by atoms with Gasteiger partial charge in [0.1, 0.15) is 17.1 Å². The molecule has 1 aromatic carbocycles. The Labute approximate surface area is 129 Å². The van der Waals surface area contributed by atoms with Crippen LogP contribution in [-0.4, -0.2) is 19.3 Å². The largest absolute Gasteiger partial charge is 0.497 e. The third kappa shape index (κ3) is 3.91. The molecule has 2 rings (SSSR count). The summed E-state index contributed by atoms with van der Waals surface area (Å²) in [4.78, 5) is 0. The number of nitrogens with one attached hydrogen (secondary N) is 1. The molecule has 1 aliphatic heterocycles. The number of fused-ring (bicyclic) bond motifs is 1. The molecule has 2 atom stereocenters. The van der Waals surface area contributed by atoms with Crippen molar-refractivity contribution in [1.82, 2.24) is 5.32 Å². The lowest BCUT2D eigenvalue weighted by Gasteiger charge is -2.41. The lowest BCUT2D eigenvalue weighted by molar-refractivity contribution is 0.0350. The monoisotopic (exact) mass is 291 g/mol. The zero-order chi connectivity index (χ0) is 15.5. The van der Waals surface area contributed by atoms with Crippen molar-refractivity contribution in [2.45, 2.75) is 58.6 Å². The number of methoxy groups -OCH3 is 1. The molecule has 0 fully saturated rings. The summed E-state index contributed by atoms with van der Waals surface area (Å²) in [5.41, 5.74) is 1.14. The van der Waals surface area contributed by atoms with Gasteiger partial charge in [-0.1, -0.05) is 20.8 Å². The summed E-state index contributed by atoms with van der Waals surface area (Å²) in [6.45, 7) is 9.90. The molecule has 118 valence electrons. The zero-order valence-corrected chi connectivity index (χ0v) is 14.0. The maximum atomic E-state index is 6.35. The maximum Gasteiger partial charge on any atom is 0.125 e. The molecule has 1 aliphatic rings. The molecule has 2 unspecified atom stereocenters. The van der Waals surface area contributed by atoms with Crippen LogP contribution in [0.1, 0.15) is 58.6 Å². The van der Waals surface area contributed by atoms with Gasteiger partial charge in [-0.2, -0.15) is 0 Å². The van der Waals surface area contributed by atoms with E-state index in [-0.39, 0.29) is 5.60 Å². The fourth-order valence-corrected chi connectivity index (χ4v) is 3.04.